The molecular weight excluding hydrogens is 310 g/mol. The number of hydrogen-bond donors (Lipinski definition) is 0. The average molecular weight is 323 g/mol. The average Bonchev–Trinajstić information content (AvgIpc) is 3.21. The number of rotatable bonds is 4. The normalized spacial score (nSPS) is 11.0. The zero-order chi connectivity index (χ0) is 15.6. The molecule has 6 nitrogen and oxygen atoms in total. The number of methoxy groups -OCH3 is 1. The number of nitrogens with zero attached hydrogens (tertiary/aromatic N) is 5. The lowest BCUT2D eigenvalue weighted by Gasteiger charge is -2.00. The van der Waals surface area contributed by atoms with E-state index in [4.69, 9.17) is 4.74 Å². The first kappa shape index (κ1) is 13.8. The third kappa shape index (κ3) is 2.78. The zero-order valence-electron chi connectivity index (χ0n) is 12.4. The fourth-order valence-corrected chi connectivity index (χ4v) is 3.24. The summed E-state index contributed by atoms with van der Waals surface area (Å²) in [5.74, 6) is 1.34. The van der Waals surface area contributed by atoms with E-state index in [0.717, 1.165) is 26.5 Å². The van der Waals surface area contributed by atoms with Crippen molar-refractivity contribution < 1.29 is 4.74 Å². The summed E-state index contributed by atoms with van der Waals surface area (Å²) >= 11 is 1.64. The molecule has 7 heteroatoms. The molecule has 0 saturated carbocycles. The van der Waals surface area contributed by atoms with Crippen LogP contribution in [0.15, 0.2) is 48.5 Å². The predicted octanol–water partition coefficient (Wildman–Crippen LogP) is 3.01. The van der Waals surface area contributed by atoms with Gasteiger partial charge in [-0.15, -0.1) is 21.5 Å². The summed E-state index contributed by atoms with van der Waals surface area (Å²) in [5, 5.41) is 13.6. The number of benzene rings is 2. The maximum Gasteiger partial charge on any atom is 0.205 e. The summed E-state index contributed by atoms with van der Waals surface area (Å²) in [4.78, 5) is 6.15. The minimum atomic E-state index is 0.510. The van der Waals surface area contributed by atoms with Crippen molar-refractivity contribution in [2.24, 2.45) is 0 Å². The molecule has 0 atom stereocenters. The summed E-state index contributed by atoms with van der Waals surface area (Å²) < 4.78 is 6.38. The fourth-order valence-electron chi connectivity index (χ4n) is 2.30. The Balaban J connectivity index is 1.60. The van der Waals surface area contributed by atoms with Crippen molar-refractivity contribution in [3.8, 4) is 17.1 Å². The van der Waals surface area contributed by atoms with Crippen molar-refractivity contribution in [1.29, 1.82) is 0 Å². The molecule has 0 radical (unpaired) electrons. The van der Waals surface area contributed by atoms with E-state index >= 15 is 0 Å². The molecule has 23 heavy (non-hydrogen) atoms. The minimum absolute atomic E-state index is 0.510. The second-order valence-electron chi connectivity index (χ2n) is 4.95. The summed E-state index contributed by atoms with van der Waals surface area (Å²) in [7, 11) is 1.64. The van der Waals surface area contributed by atoms with Gasteiger partial charge in [-0.1, -0.05) is 24.3 Å². The van der Waals surface area contributed by atoms with Crippen LogP contribution in [0.2, 0.25) is 0 Å². The molecule has 0 N–H and O–H groups in total. The molecule has 0 aliphatic carbocycles. The molecule has 0 saturated heterocycles. The van der Waals surface area contributed by atoms with Gasteiger partial charge in [-0.25, -0.2) is 4.98 Å². The first-order valence-corrected chi connectivity index (χ1v) is 7.90. The van der Waals surface area contributed by atoms with E-state index in [-0.39, 0.29) is 0 Å². The van der Waals surface area contributed by atoms with Crippen LogP contribution in [0.1, 0.15) is 5.01 Å². The lowest BCUT2D eigenvalue weighted by molar-refractivity contribution is 0.415. The Kier molecular flexibility index (Phi) is 3.47. The van der Waals surface area contributed by atoms with Crippen LogP contribution < -0.4 is 4.74 Å². The van der Waals surface area contributed by atoms with E-state index in [1.54, 1.807) is 23.2 Å². The third-order valence-electron chi connectivity index (χ3n) is 3.40. The smallest absolute Gasteiger partial charge is 0.205 e. The lowest BCUT2D eigenvalue weighted by atomic mass is 10.2. The Morgan fingerprint density at radius 1 is 1.13 bits per heavy atom. The molecule has 0 bridgehead atoms. The topological polar surface area (TPSA) is 65.7 Å². The van der Waals surface area contributed by atoms with Gasteiger partial charge in [-0.2, -0.15) is 4.80 Å². The van der Waals surface area contributed by atoms with Crippen LogP contribution in [0.5, 0.6) is 5.75 Å². The van der Waals surface area contributed by atoms with E-state index < -0.39 is 0 Å². The minimum Gasteiger partial charge on any atom is -0.497 e. The maximum absolute atomic E-state index is 5.22. The van der Waals surface area contributed by atoms with E-state index in [9.17, 15) is 0 Å². The van der Waals surface area contributed by atoms with E-state index in [1.165, 1.54) is 0 Å². The maximum atomic E-state index is 5.22. The van der Waals surface area contributed by atoms with Crippen molar-refractivity contribution >= 4 is 21.6 Å². The van der Waals surface area contributed by atoms with Crippen LogP contribution in [-0.2, 0) is 6.54 Å². The molecule has 0 aliphatic rings. The SMILES string of the molecule is COc1cccc(-c2nnn(Cc3nc4ccccc4s3)n2)c1. The third-order valence-corrected chi connectivity index (χ3v) is 4.42. The molecule has 0 amide bonds. The Morgan fingerprint density at radius 3 is 2.91 bits per heavy atom. The number of hydrogen-bond acceptors (Lipinski definition) is 6. The van der Waals surface area contributed by atoms with Crippen LogP contribution in [0.3, 0.4) is 0 Å². The van der Waals surface area contributed by atoms with Crippen LogP contribution in [0.25, 0.3) is 21.6 Å². The standard InChI is InChI=1S/C16H13N5OS/c1-22-12-6-4-5-11(9-12)16-18-20-21(19-16)10-15-17-13-7-2-3-8-14(13)23-15/h2-9H,10H2,1H3. The van der Waals surface area contributed by atoms with Gasteiger partial charge in [0.15, 0.2) is 0 Å². The Bertz CT molecular complexity index is 929. The van der Waals surface area contributed by atoms with Gasteiger partial charge in [-0.05, 0) is 29.5 Å². The van der Waals surface area contributed by atoms with Gasteiger partial charge in [0.25, 0.3) is 0 Å². The Labute approximate surface area is 136 Å². The first-order chi connectivity index (χ1) is 11.3. The van der Waals surface area contributed by atoms with Gasteiger partial charge in [0.1, 0.15) is 17.3 Å². The second-order valence-corrected chi connectivity index (χ2v) is 6.07. The number of aromatic nitrogens is 5. The molecule has 114 valence electrons. The molecule has 0 aliphatic heterocycles. The van der Waals surface area contributed by atoms with Gasteiger partial charge in [-0.3, -0.25) is 0 Å². The van der Waals surface area contributed by atoms with Crippen LogP contribution in [0.4, 0.5) is 0 Å². The summed E-state index contributed by atoms with van der Waals surface area (Å²) in [6, 6.07) is 15.7. The van der Waals surface area contributed by atoms with Crippen molar-refractivity contribution in [2.45, 2.75) is 6.54 Å². The number of para-hydroxylation sites is 1. The number of thiazole rings is 1. The Hall–Kier alpha value is -2.80. The highest BCUT2D eigenvalue weighted by molar-refractivity contribution is 7.18. The number of ether oxygens (including phenoxy) is 1. The lowest BCUT2D eigenvalue weighted by Crippen LogP contribution is -2.03. The van der Waals surface area contributed by atoms with Crippen molar-refractivity contribution in [1.82, 2.24) is 25.2 Å². The summed E-state index contributed by atoms with van der Waals surface area (Å²) in [5.41, 5.74) is 1.88. The molecule has 2 aromatic heterocycles. The first-order valence-electron chi connectivity index (χ1n) is 7.08. The highest BCUT2D eigenvalue weighted by Gasteiger charge is 2.09. The van der Waals surface area contributed by atoms with Crippen molar-refractivity contribution in [3.63, 3.8) is 0 Å². The molecule has 4 rings (SSSR count). The van der Waals surface area contributed by atoms with Gasteiger partial charge in [0.2, 0.25) is 5.82 Å². The predicted molar refractivity (Wildman–Crippen MR) is 88.5 cm³/mol. The van der Waals surface area contributed by atoms with Gasteiger partial charge < -0.3 is 4.74 Å². The molecule has 0 fully saturated rings. The molecule has 4 aromatic rings. The van der Waals surface area contributed by atoms with Gasteiger partial charge >= 0.3 is 0 Å². The molecular formula is C16H13N5OS. The molecule has 0 spiro atoms. The second kappa shape index (κ2) is 5.77. The zero-order valence-corrected chi connectivity index (χ0v) is 13.2. The highest BCUT2D eigenvalue weighted by Crippen LogP contribution is 2.23. The number of fused-ring (bicyclic) bond motifs is 1. The van der Waals surface area contributed by atoms with E-state index in [1.807, 2.05) is 42.5 Å². The van der Waals surface area contributed by atoms with Gasteiger partial charge in [0.05, 0.1) is 17.3 Å². The van der Waals surface area contributed by atoms with Crippen molar-refractivity contribution in [3.05, 3.63) is 53.5 Å². The number of tetrazole rings is 1. The summed E-state index contributed by atoms with van der Waals surface area (Å²) in [6.07, 6.45) is 0. The molecule has 2 aromatic carbocycles. The van der Waals surface area contributed by atoms with Crippen LogP contribution in [-0.4, -0.2) is 32.3 Å². The van der Waals surface area contributed by atoms with Gasteiger partial charge in [0, 0.05) is 5.56 Å². The fraction of sp³-hybridized carbons (Fsp3) is 0.125. The Morgan fingerprint density at radius 2 is 2.04 bits per heavy atom. The van der Waals surface area contributed by atoms with Crippen LogP contribution in [0, 0.1) is 0 Å². The van der Waals surface area contributed by atoms with Crippen LogP contribution >= 0.6 is 11.3 Å². The summed E-state index contributed by atoms with van der Waals surface area (Å²) in [6.45, 7) is 0.510. The van der Waals surface area contributed by atoms with E-state index in [0.29, 0.717) is 12.4 Å². The molecule has 0 unspecified atom stereocenters. The quantitative estimate of drug-likeness (QED) is 0.577. The molecule has 2 heterocycles. The van der Waals surface area contributed by atoms with Crippen molar-refractivity contribution in [2.75, 3.05) is 7.11 Å². The van der Waals surface area contributed by atoms with E-state index in [2.05, 4.69) is 26.5 Å². The highest BCUT2D eigenvalue weighted by atomic mass is 32.1. The monoisotopic (exact) mass is 323 g/mol. The largest absolute Gasteiger partial charge is 0.497 e.